The number of ether oxygens (including phenoxy) is 1. The van der Waals surface area contributed by atoms with E-state index in [1.165, 1.54) is 0 Å². The van der Waals surface area contributed by atoms with E-state index in [0.717, 1.165) is 6.92 Å². The number of halogens is 7. The summed E-state index contributed by atoms with van der Waals surface area (Å²) >= 11 is 0. The Morgan fingerprint density at radius 3 is 2.35 bits per heavy atom. The Bertz CT molecular complexity index is 575. The fraction of sp³-hybridized carbons (Fsp3) is 0.455. The summed E-state index contributed by atoms with van der Waals surface area (Å²) in [6, 6.07) is 0.649. The quantitative estimate of drug-likeness (QED) is 0.644. The molecular formula is C11H10F7N2O2P. The largest absolute Gasteiger partial charge is 0.468 e. The van der Waals surface area contributed by atoms with Crippen LogP contribution in [0.3, 0.4) is 0 Å². The summed E-state index contributed by atoms with van der Waals surface area (Å²) in [6.45, 7) is -0.783. The lowest BCUT2D eigenvalue weighted by molar-refractivity contribution is -0.154. The Balaban J connectivity index is 3.08. The summed E-state index contributed by atoms with van der Waals surface area (Å²) in [7, 11) is -1.12. The fourth-order valence-corrected chi connectivity index (χ4v) is 2.20. The van der Waals surface area contributed by atoms with Gasteiger partial charge in [-0.05, 0) is 0 Å². The molecule has 0 radical (unpaired) electrons. The highest BCUT2D eigenvalue weighted by Crippen LogP contribution is 2.29. The van der Waals surface area contributed by atoms with Crippen LogP contribution in [-0.4, -0.2) is 36.0 Å². The topological polar surface area (TPSA) is 51.2 Å². The van der Waals surface area contributed by atoms with E-state index in [2.05, 4.69) is 9.72 Å². The van der Waals surface area contributed by atoms with Crippen LogP contribution in [-0.2, 0) is 4.79 Å². The molecule has 0 saturated carbocycles. The van der Waals surface area contributed by atoms with Crippen LogP contribution in [0.2, 0.25) is 0 Å². The molecule has 0 spiro atoms. The molecule has 0 aliphatic rings. The minimum atomic E-state index is -4.71. The van der Waals surface area contributed by atoms with Crippen molar-refractivity contribution in [2.45, 2.75) is 19.3 Å². The molecule has 0 aromatic carbocycles. The van der Waals surface area contributed by atoms with Gasteiger partial charge in [0.05, 0.1) is 6.16 Å². The number of rotatable bonds is 5. The predicted octanol–water partition coefficient (Wildman–Crippen LogP) is 2.99. The van der Waals surface area contributed by atoms with Gasteiger partial charge in [0, 0.05) is 18.3 Å². The van der Waals surface area contributed by atoms with Gasteiger partial charge >= 0.3 is 12.4 Å². The van der Waals surface area contributed by atoms with Crippen LogP contribution in [0.1, 0.15) is 6.92 Å². The first-order valence-electron chi connectivity index (χ1n) is 5.86. The number of aromatic nitrogens is 1. The van der Waals surface area contributed by atoms with Gasteiger partial charge in [0.15, 0.2) is 18.2 Å². The first-order chi connectivity index (χ1) is 10.4. The number of pyridine rings is 1. The van der Waals surface area contributed by atoms with Gasteiger partial charge in [0.1, 0.15) is 0 Å². The van der Waals surface area contributed by atoms with Crippen LogP contribution in [0.5, 0.6) is 5.88 Å². The molecule has 1 unspecified atom stereocenters. The standard InChI is InChI=1S/C11H10F7N2O2P/c1-5(21)19-9-8(12)6(23-4-11(16,17)18)2-7(20-9)22-3-10(13,14)15/h2,23H,3-4H2,1H3,(H,19,20,21). The molecule has 0 fully saturated rings. The van der Waals surface area contributed by atoms with Gasteiger partial charge in [-0.25, -0.2) is 4.39 Å². The van der Waals surface area contributed by atoms with Crippen LogP contribution in [0, 0.1) is 5.82 Å². The van der Waals surface area contributed by atoms with Gasteiger partial charge in [-0.1, -0.05) is 8.58 Å². The number of hydrogen-bond donors (Lipinski definition) is 1. The van der Waals surface area contributed by atoms with Crippen molar-refractivity contribution in [2.24, 2.45) is 0 Å². The van der Waals surface area contributed by atoms with E-state index in [0.29, 0.717) is 6.07 Å². The van der Waals surface area contributed by atoms with Gasteiger partial charge in [-0.15, -0.1) is 0 Å². The van der Waals surface area contributed by atoms with E-state index in [-0.39, 0.29) is 0 Å². The maximum absolute atomic E-state index is 13.9. The lowest BCUT2D eigenvalue weighted by atomic mass is 10.4. The number of nitrogens with one attached hydrogen (secondary N) is 1. The first-order valence-corrected chi connectivity index (χ1v) is 7.06. The van der Waals surface area contributed by atoms with E-state index >= 15 is 0 Å². The third-order valence-electron chi connectivity index (χ3n) is 2.09. The average Bonchev–Trinajstić information content (AvgIpc) is 2.35. The van der Waals surface area contributed by atoms with E-state index < -0.39 is 62.4 Å². The SMILES string of the molecule is CC(=O)Nc1nc(OCC(F)(F)F)cc(PCC(F)(F)F)c1F. The van der Waals surface area contributed by atoms with Crippen LogP contribution >= 0.6 is 8.58 Å². The molecule has 1 atom stereocenters. The Hall–Kier alpha value is -1.64. The molecule has 1 rings (SSSR count). The van der Waals surface area contributed by atoms with Crippen molar-refractivity contribution < 1.29 is 40.3 Å². The second-order valence-corrected chi connectivity index (χ2v) is 5.47. The molecule has 1 N–H and O–H groups in total. The van der Waals surface area contributed by atoms with Crippen molar-refractivity contribution in [3.8, 4) is 5.88 Å². The molecule has 0 aliphatic heterocycles. The van der Waals surface area contributed by atoms with E-state index in [4.69, 9.17) is 0 Å². The molecule has 0 saturated heterocycles. The summed E-state index contributed by atoms with van der Waals surface area (Å²) in [4.78, 5) is 14.2. The number of alkyl halides is 6. The molecule has 1 amide bonds. The maximum Gasteiger partial charge on any atom is 0.422 e. The Kier molecular flexibility index (Phi) is 6.15. The highest BCUT2D eigenvalue weighted by Gasteiger charge is 2.30. The van der Waals surface area contributed by atoms with Gasteiger partial charge in [-0.2, -0.15) is 31.3 Å². The molecule has 0 bridgehead atoms. The minimum Gasteiger partial charge on any atom is -0.468 e. The third-order valence-corrected chi connectivity index (χ3v) is 3.41. The summed E-state index contributed by atoms with van der Waals surface area (Å²) in [5.74, 6) is -3.57. The number of anilines is 1. The summed E-state index contributed by atoms with van der Waals surface area (Å²) < 4.78 is 91.1. The van der Waals surface area contributed by atoms with Crippen molar-refractivity contribution in [3.63, 3.8) is 0 Å². The monoisotopic (exact) mass is 366 g/mol. The van der Waals surface area contributed by atoms with Crippen molar-refractivity contribution >= 4 is 25.6 Å². The lowest BCUT2D eigenvalue weighted by Crippen LogP contribution is -2.22. The zero-order valence-electron chi connectivity index (χ0n) is 11.4. The highest BCUT2D eigenvalue weighted by atomic mass is 31.1. The zero-order chi connectivity index (χ0) is 17.8. The van der Waals surface area contributed by atoms with Gasteiger partial charge < -0.3 is 10.1 Å². The number of amides is 1. The summed E-state index contributed by atoms with van der Waals surface area (Å²) in [6.07, 6.45) is -10.7. The van der Waals surface area contributed by atoms with Crippen molar-refractivity contribution in [1.29, 1.82) is 0 Å². The molecule has 1 heterocycles. The van der Waals surface area contributed by atoms with Crippen LogP contribution in [0.4, 0.5) is 36.6 Å². The molecule has 0 aliphatic carbocycles. The molecule has 12 heteroatoms. The second kappa shape index (κ2) is 7.29. The van der Waals surface area contributed by atoms with Crippen LogP contribution in [0.25, 0.3) is 0 Å². The Labute approximate surface area is 127 Å². The van der Waals surface area contributed by atoms with Gasteiger partial charge in [0.2, 0.25) is 11.8 Å². The van der Waals surface area contributed by atoms with Crippen LogP contribution < -0.4 is 15.4 Å². The van der Waals surface area contributed by atoms with Gasteiger partial charge in [-0.3, -0.25) is 4.79 Å². The summed E-state index contributed by atoms with van der Waals surface area (Å²) in [5.41, 5.74) is 0. The normalized spacial score (nSPS) is 12.7. The number of carbonyl (C=O) groups excluding carboxylic acids is 1. The van der Waals surface area contributed by atoms with Crippen molar-refractivity contribution in [2.75, 3.05) is 18.1 Å². The van der Waals surface area contributed by atoms with Gasteiger partial charge in [0.25, 0.3) is 0 Å². The van der Waals surface area contributed by atoms with Crippen molar-refractivity contribution in [1.82, 2.24) is 4.98 Å². The molecule has 4 nitrogen and oxygen atoms in total. The molecule has 23 heavy (non-hydrogen) atoms. The fourth-order valence-electron chi connectivity index (χ4n) is 1.31. The smallest absolute Gasteiger partial charge is 0.422 e. The van der Waals surface area contributed by atoms with E-state index in [1.54, 1.807) is 0 Å². The average molecular weight is 366 g/mol. The summed E-state index contributed by atoms with van der Waals surface area (Å²) in [5, 5.41) is 1.34. The zero-order valence-corrected chi connectivity index (χ0v) is 12.4. The Morgan fingerprint density at radius 2 is 1.87 bits per heavy atom. The molecule has 130 valence electrons. The Morgan fingerprint density at radius 1 is 1.26 bits per heavy atom. The van der Waals surface area contributed by atoms with E-state index in [1.807, 2.05) is 5.32 Å². The molecule has 1 aromatic rings. The molecular weight excluding hydrogens is 356 g/mol. The molecule has 1 aromatic heterocycles. The number of carbonyl (C=O) groups is 1. The minimum absolute atomic E-state index is 0.543. The lowest BCUT2D eigenvalue weighted by Gasteiger charge is -2.14. The maximum atomic E-state index is 13.9. The second-order valence-electron chi connectivity index (χ2n) is 4.22. The first kappa shape index (κ1) is 19.4. The number of nitrogens with zero attached hydrogens (tertiary/aromatic N) is 1. The number of hydrogen-bond acceptors (Lipinski definition) is 3. The highest BCUT2D eigenvalue weighted by molar-refractivity contribution is 7.47. The van der Waals surface area contributed by atoms with Crippen LogP contribution in [0.15, 0.2) is 6.07 Å². The predicted molar refractivity (Wildman–Crippen MR) is 68.9 cm³/mol. The van der Waals surface area contributed by atoms with Crippen molar-refractivity contribution in [3.05, 3.63) is 11.9 Å². The third kappa shape index (κ3) is 7.45. The van der Waals surface area contributed by atoms with E-state index in [9.17, 15) is 35.5 Å².